The lowest BCUT2D eigenvalue weighted by molar-refractivity contribution is -0.140. The predicted molar refractivity (Wildman–Crippen MR) is 138 cm³/mol. The third-order valence-electron chi connectivity index (χ3n) is 6.15. The Kier molecular flexibility index (Phi) is 9.29. The van der Waals surface area contributed by atoms with Crippen LogP contribution in [0.3, 0.4) is 0 Å². The number of anilines is 1. The number of para-hydroxylation sites is 1. The van der Waals surface area contributed by atoms with Gasteiger partial charge in [0.25, 0.3) is 0 Å². The Morgan fingerprint density at radius 1 is 1.11 bits per heavy atom. The number of halogens is 2. The molecule has 0 radical (unpaired) electrons. The van der Waals surface area contributed by atoms with E-state index < -0.39 is 34.3 Å². The van der Waals surface area contributed by atoms with Crippen LogP contribution in [-0.4, -0.2) is 50.0 Å². The Hall–Kier alpha value is -2.46. The molecule has 0 aromatic heterocycles. The predicted octanol–water partition coefficient (Wildman–Crippen LogP) is 4.22. The first-order valence-electron chi connectivity index (χ1n) is 11.7. The van der Waals surface area contributed by atoms with Gasteiger partial charge < -0.3 is 10.2 Å². The summed E-state index contributed by atoms with van der Waals surface area (Å²) in [5.74, 6) is -1.19. The highest BCUT2D eigenvalue weighted by Gasteiger charge is 2.33. The van der Waals surface area contributed by atoms with Crippen LogP contribution in [0.1, 0.15) is 44.6 Å². The molecule has 0 bridgehead atoms. The van der Waals surface area contributed by atoms with E-state index in [0.29, 0.717) is 22.1 Å². The van der Waals surface area contributed by atoms with Crippen molar-refractivity contribution in [3.63, 3.8) is 0 Å². The summed E-state index contributed by atoms with van der Waals surface area (Å²) in [6, 6.07) is 11.7. The van der Waals surface area contributed by atoms with Crippen LogP contribution < -0.4 is 9.62 Å². The summed E-state index contributed by atoms with van der Waals surface area (Å²) in [6.07, 6.45) is 5.29. The van der Waals surface area contributed by atoms with E-state index in [1.165, 1.54) is 17.0 Å². The molecule has 0 heterocycles. The Morgan fingerprint density at radius 2 is 1.74 bits per heavy atom. The van der Waals surface area contributed by atoms with E-state index in [0.717, 1.165) is 36.2 Å². The number of amides is 2. The van der Waals surface area contributed by atoms with Crippen molar-refractivity contribution in [1.29, 1.82) is 0 Å². The zero-order chi connectivity index (χ0) is 25.6. The second-order valence-corrected chi connectivity index (χ2v) is 11.5. The van der Waals surface area contributed by atoms with Crippen LogP contribution in [0.4, 0.5) is 10.1 Å². The van der Waals surface area contributed by atoms with E-state index in [9.17, 15) is 22.4 Å². The standard InChI is InChI=1S/C25H31BrFN3O4S/c1-3-22(25(32)28-20-8-4-5-9-20)29(16-18-12-14-19(27)15-13-18)24(31)17-30(35(2,33)34)23-11-7-6-10-21(23)26/h6-7,10-15,20,22H,3-5,8-9,16-17H2,1-2H3,(H,28,32)/t22-/m0/s1. The topological polar surface area (TPSA) is 86.8 Å². The molecule has 7 nitrogen and oxygen atoms in total. The van der Waals surface area contributed by atoms with Crippen LogP contribution in [0.15, 0.2) is 53.0 Å². The van der Waals surface area contributed by atoms with E-state index in [4.69, 9.17) is 0 Å². The summed E-state index contributed by atoms with van der Waals surface area (Å²) in [4.78, 5) is 28.3. The Morgan fingerprint density at radius 3 is 2.31 bits per heavy atom. The number of benzene rings is 2. The summed E-state index contributed by atoms with van der Waals surface area (Å²) >= 11 is 3.36. The molecule has 1 N–H and O–H groups in total. The molecule has 3 rings (SSSR count). The first-order valence-corrected chi connectivity index (χ1v) is 14.3. The van der Waals surface area contributed by atoms with Gasteiger partial charge in [-0.3, -0.25) is 13.9 Å². The van der Waals surface area contributed by atoms with Gasteiger partial charge in [-0.1, -0.05) is 44.0 Å². The minimum atomic E-state index is -3.81. The molecule has 1 aliphatic carbocycles. The number of rotatable bonds is 10. The maximum Gasteiger partial charge on any atom is 0.244 e. The van der Waals surface area contributed by atoms with E-state index in [-0.39, 0.29) is 18.5 Å². The fraction of sp³-hybridized carbons (Fsp3) is 0.440. The van der Waals surface area contributed by atoms with Crippen molar-refractivity contribution < 1.29 is 22.4 Å². The zero-order valence-corrected chi connectivity index (χ0v) is 22.3. The van der Waals surface area contributed by atoms with E-state index >= 15 is 0 Å². The SMILES string of the molecule is CC[C@@H](C(=O)NC1CCCC1)N(Cc1ccc(F)cc1)C(=O)CN(c1ccccc1Br)S(C)(=O)=O. The molecule has 1 fully saturated rings. The van der Waals surface area contributed by atoms with Crippen molar-refractivity contribution in [2.24, 2.45) is 0 Å². The van der Waals surface area contributed by atoms with Gasteiger partial charge in [0.15, 0.2) is 0 Å². The van der Waals surface area contributed by atoms with Gasteiger partial charge in [-0.25, -0.2) is 12.8 Å². The summed E-state index contributed by atoms with van der Waals surface area (Å²) < 4.78 is 40.3. The minimum Gasteiger partial charge on any atom is -0.352 e. The molecule has 0 saturated heterocycles. The summed E-state index contributed by atoms with van der Waals surface area (Å²) in [6.45, 7) is 1.38. The summed E-state index contributed by atoms with van der Waals surface area (Å²) in [5.41, 5.74) is 0.965. The molecule has 2 aromatic rings. The highest BCUT2D eigenvalue weighted by atomic mass is 79.9. The van der Waals surface area contributed by atoms with Crippen LogP contribution >= 0.6 is 15.9 Å². The maximum absolute atomic E-state index is 13.6. The number of nitrogens with zero attached hydrogens (tertiary/aromatic N) is 2. The molecule has 1 aliphatic rings. The molecule has 1 atom stereocenters. The second-order valence-electron chi connectivity index (χ2n) is 8.78. The zero-order valence-electron chi connectivity index (χ0n) is 19.9. The molecular weight excluding hydrogens is 537 g/mol. The van der Waals surface area contributed by atoms with E-state index in [1.807, 2.05) is 6.92 Å². The van der Waals surface area contributed by atoms with Gasteiger partial charge in [-0.15, -0.1) is 0 Å². The number of sulfonamides is 1. The van der Waals surface area contributed by atoms with Crippen molar-refractivity contribution in [3.05, 3.63) is 64.4 Å². The lowest BCUT2D eigenvalue weighted by Crippen LogP contribution is -2.53. The average Bonchev–Trinajstić information content (AvgIpc) is 3.31. The van der Waals surface area contributed by atoms with Crippen molar-refractivity contribution in [3.8, 4) is 0 Å². The van der Waals surface area contributed by atoms with Crippen molar-refractivity contribution in [1.82, 2.24) is 10.2 Å². The number of nitrogens with one attached hydrogen (secondary N) is 1. The normalized spacial score (nSPS) is 15.0. The number of carbonyl (C=O) groups is 2. The monoisotopic (exact) mass is 567 g/mol. The average molecular weight is 569 g/mol. The van der Waals surface area contributed by atoms with Crippen molar-refractivity contribution in [2.45, 2.75) is 57.7 Å². The second kappa shape index (κ2) is 12.0. The lowest BCUT2D eigenvalue weighted by Gasteiger charge is -2.33. The fourth-order valence-electron chi connectivity index (χ4n) is 4.32. The van der Waals surface area contributed by atoms with Crippen LogP contribution in [0, 0.1) is 5.82 Å². The smallest absolute Gasteiger partial charge is 0.244 e. The third kappa shape index (κ3) is 7.27. The largest absolute Gasteiger partial charge is 0.352 e. The summed E-state index contributed by atoms with van der Waals surface area (Å²) in [5, 5.41) is 3.05. The molecule has 0 aliphatic heterocycles. The Labute approximate surface area is 214 Å². The molecule has 35 heavy (non-hydrogen) atoms. The quantitative estimate of drug-likeness (QED) is 0.465. The van der Waals surface area contributed by atoms with Gasteiger partial charge in [0.1, 0.15) is 18.4 Å². The van der Waals surface area contributed by atoms with Gasteiger partial charge in [-0.05, 0) is 65.0 Å². The highest BCUT2D eigenvalue weighted by molar-refractivity contribution is 9.10. The van der Waals surface area contributed by atoms with Crippen LogP contribution in [0.5, 0.6) is 0 Å². The highest BCUT2D eigenvalue weighted by Crippen LogP contribution is 2.28. The Bertz CT molecular complexity index is 1140. The molecule has 190 valence electrons. The van der Waals surface area contributed by atoms with Gasteiger partial charge in [-0.2, -0.15) is 0 Å². The Balaban J connectivity index is 1.92. The number of hydrogen-bond acceptors (Lipinski definition) is 4. The molecule has 2 amide bonds. The van der Waals surface area contributed by atoms with Crippen LogP contribution in [0.25, 0.3) is 0 Å². The van der Waals surface area contributed by atoms with Crippen LogP contribution in [-0.2, 0) is 26.2 Å². The van der Waals surface area contributed by atoms with E-state index in [2.05, 4.69) is 21.2 Å². The van der Waals surface area contributed by atoms with E-state index in [1.54, 1.807) is 36.4 Å². The maximum atomic E-state index is 13.6. The molecule has 2 aromatic carbocycles. The molecular formula is C25H31BrFN3O4S. The van der Waals surface area contributed by atoms with Gasteiger partial charge in [0.05, 0.1) is 11.9 Å². The third-order valence-corrected chi connectivity index (χ3v) is 7.95. The van der Waals surface area contributed by atoms with Crippen molar-refractivity contribution >= 4 is 43.5 Å². The molecule has 0 spiro atoms. The number of hydrogen-bond donors (Lipinski definition) is 1. The fourth-order valence-corrected chi connectivity index (χ4v) is 5.80. The van der Waals surface area contributed by atoms with Gasteiger partial charge in [0.2, 0.25) is 21.8 Å². The lowest BCUT2D eigenvalue weighted by atomic mass is 10.1. The van der Waals surface area contributed by atoms with Gasteiger partial charge >= 0.3 is 0 Å². The summed E-state index contributed by atoms with van der Waals surface area (Å²) in [7, 11) is -3.81. The number of carbonyl (C=O) groups excluding carboxylic acids is 2. The first-order chi connectivity index (χ1) is 16.6. The van der Waals surface area contributed by atoms with Crippen LogP contribution in [0.2, 0.25) is 0 Å². The molecule has 10 heteroatoms. The van der Waals surface area contributed by atoms with Crippen molar-refractivity contribution in [2.75, 3.05) is 17.1 Å². The van der Waals surface area contributed by atoms with Gasteiger partial charge in [0, 0.05) is 17.1 Å². The molecule has 0 unspecified atom stereocenters. The first kappa shape index (κ1) is 27.1. The minimum absolute atomic E-state index is 0.0449. The molecule has 1 saturated carbocycles.